The van der Waals surface area contributed by atoms with Crippen LogP contribution in [0.25, 0.3) is 5.69 Å². The number of ether oxygens (including phenoxy) is 1. The Balaban J connectivity index is 1.99. The first-order chi connectivity index (χ1) is 18.1. The molecule has 1 aromatic carbocycles. The molecule has 0 atom stereocenters. The molecule has 1 heterocycles. The normalized spacial score (nSPS) is 20.1. The Kier molecular flexibility index (Phi) is 9.00. The molecule has 0 spiro atoms. The fraction of sp³-hybridized carbons (Fsp3) is 0.571. The number of rotatable bonds is 9. The molecule has 214 valence electrons. The van der Waals surface area contributed by atoms with E-state index >= 15 is 0 Å². The van der Waals surface area contributed by atoms with E-state index in [-0.39, 0.29) is 41.4 Å². The minimum atomic E-state index is -4.52. The van der Waals surface area contributed by atoms with Gasteiger partial charge in [-0.15, -0.1) is 6.42 Å². The molecule has 2 aromatic rings. The minimum Gasteiger partial charge on any atom is -0.433 e. The van der Waals surface area contributed by atoms with E-state index in [0.29, 0.717) is 18.8 Å². The van der Waals surface area contributed by atoms with Crippen molar-refractivity contribution in [2.24, 2.45) is 11.3 Å². The van der Waals surface area contributed by atoms with E-state index in [1.807, 2.05) is 0 Å². The molecule has 0 unspecified atom stereocenters. The summed E-state index contributed by atoms with van der Waals surface area (Å²) in [6.45, 7) is 2.60. The number of terminal acetylenes is 1. The summed E-state index contributed by atoms with van der Waals surface area (Å²) in [4.78, 5) is 17.4. The van der Waals surface area contributed by atoms with E-state index in [4.69, 9.17) is 11.2 Å². The molecule has 1 aromatic heterocycles. The third-order valence-electron chi connectivity index (χ3n) is 7.29. The number of imidazole rings is 1. The predicted molar refractivity (Wildman–Crippen MR) is 136 cm³/mol. The van der Waals surface area contributed by atoms with E-state index in [0.717, 1.165) is 32.8 Å². The zero-order valence-electron chi connectivity index (χ0n) is 22.5. The van der Waals surface area contributed by atoms with Crippen LogP contribution in [0.4, 0.5) is 22.0 Å². The molecule has 1 aliphatic rings. The monoisotopic (exact) mass is 555 g/mol. The number of nitrogens with one attached hydrogen (secondary N) is 1. The average molecular weight is 556 g/mol. The quantitative estimate of drug-likeness (QED) is 0.302. The van der Waals surface area contributed by atoms with E-state index in [9.17, 15) is 31.9 Å². The Hall–Kier alpha value is -3.13. The summed E-state index contributed by atoms with van der Waals surface area (Å²) >= 11 is 0. The maximum Gasteiger partial charge on any atom is 0.394 e. The smallest absolute Gasteiger partial charge is 0.394 e. The van der Waals surface area contributed by atoms with Crippen LogP contribution < -0.4 is 10.1 Å². The number of carbonyl (C=O) groups is 1. The summed E-state index contributed by atoms with van der Waals surface area (Å²) in [5.74, 6) is 2.11. The SMILES string of the molecule is C#Cc1c(C(=O)NCC2(O)CCC(C)CC2)nc(CC)n1-c1ccc(CC(C)(C)C(F)(F)F)cc1OC(F)F. The molecule has 0 radical (unpaired) electrons. The number of hydrogen-bond donors (Lipinski definition) is 2. The van der Waals surface area contributed by atoms with Gasteiger partial charge in [-0.3, -0.25) is 9.36 Å². The van der Waals surface area contributed by atoms with Crippen molar-refractivity contribution in [1.29, 1.82) is 0 Å². The van der Waals surface area contributed by atoms with Crippen LogP contribution in [0.3, 0.4) is 0 Å². The van der Waals surface area contributed by atoms with Crippen LogP contribution in [0.1, 0.15) is 80.9 Å². The molecule has 1 saturated carbocycles. The first kappa shape index (κ1) is 30.4. The lowest BCUT2D eigenvalue weighted by Gasteiger charge is -2.34. The number of aliphatic hydroxyl groups is 1. The minimum absolute atomic E-state index is 0.000312. The number of hydrogen-bond acceptors (Lipinski definition) is 4. The van der Waals surface area contributed by atoms with Gasteiger partial charge in [-0.1, -0.05) is 33.8 Å². The van der Waals surface area contributed by atoms with Gasteiger partial charge in [-0.2, -0.15) is 22.0 Å². The van der Waals surface area contributed by atoms with Crippen molar-refractivity contribution in [3.63, 3.8) is 0 Å². The fourth-order valence-corrected chi connectivity index (χ4v) is 4.71. The Morgan fingerprint density at radius 3 is 2.49 bits per heavy atom. The molecule has 1 fully saturated rings. The number of amides is 1. The number of halogens is 5. The van der Waals surface area contributed by atoms with Gasteiger partial charge in [0.25, 0.3) is 5.91 Å². The van der Waals surface area contributed by atoms with Crippen molar-refractivity contribution < 1.29 is 36.6 Å². The summed E-state index contributed by atoms with van der Waals surface area (Å²) in [6, 6.07) is 3.82. The number of alkyl halides is 5. The Morgan fingerprint density at radius 2 is 1.95 bits per heavy atom. The van der Waals surface area contributed by atoms with E-state index < -0.39 is 41.9 Å². The molecule has 2 N–H and O–H groups in total. The standard InChI is InChI=1S/C28H34F5N3O3/c1-6-19-23(24(37)34-16-27(38)12-10-17(3)11-13-27)35-22(7-2)36(19)20-9-8-18(14-21(20)39-25(29)30)15-26(4,5)28(31,32)33/h1,8-9,14,17,25,38H,7,10-13,15-16H2,2-5H3,(H,34,37). The summed E-state index contributed by atoms with van der Waals surface area (Å²) in [5.41, 5.74) is -3.18. The molecule has 0 saturated heterocycles. The molecular formula is C28H34F5N3O3. The van der Waals surface area contributed by atoms with Crippen LogP contribution in [0.2, 0.25) is 0 Å². The molecular weight excluding hydrogens is 521 g/mol. The van der Waals surface area contributed by atoms with Crippen LogP contribution in [-0.2, 0) is 12.8 Å². The number of aryl methyl sites for hydroxylation is 1. The summed E-state index contributed by atoms with van der Waals surface area (Å²) in [6.07, 6.45) is 3.74. The molecule has 0 bridgehead atoms. The molecule has 1 aliphatic carbocycles. The second-order valence-corrected chi connectivity index (χ2v) is 10.9. The van der Waals surface area contributed by atoms with Gasteiger partial charge in [0.1, 0.15) is 17.3 Å². The molecule has 3 rings (SSSR count). The maximum absolute atomic E-state index is 13.4. The first-order valence-corrected chi connectivity index (χ1v) is 12.8. The highest BCUT2D eigenvalue weighted by Gasteiger charge is 2.47. The number of benzene rings is 1. The largest absolute Gasteiger partial charge is 0.433 e. The van der Waals surface area contributed by atoms with E-state index in [1.165, 1.54) is 16.7 Å². The number of nitrogens with zero attached hydrogens (tertiary/aromatic N) is 2. The van der Waals surface area contributed by atoms with Crippen LogP contribution in [0.5, 0.6) is 5.75 Å². The van der Waals surface area contributed by atoms with Crippen LogP contribution in [0.15, 0.2) is 18.2 Å². The average Bonchev–Trinajstić information content (AvgIpc) is 3.22. The Bertz CT molecular complexity index is 1220. The van der Waals surface area contributed by atoms with Gasteiger partial charge in [-0.05, 0) is 61.6 Å². The van der Waals surface area contributed by atoms with Crippen molar-refractivity contribution in [2.45, 2.75) is 84.6 Å². The summed E-state index contributed by atoms with van der Waals surface area (Å²) in [7, 11) is 0. The summed E-state index contributed by atoms with van der Waals surface area (Å²) in [5, 5.41) is 13.5. The van der Waals surface area contributed by atoms with E-state index in [2.05, 4.69) is 23.1 Å². The second-order valence-electron chi connectivity index (χ2n) is 10.9. The lowest BCUT2D eigenvalue weighted by Crippen LogP contribution is -2.45. The van der Waals surface area contributed by atoms with Gasteiger partial charge in [0.05, 0.1) is 16.7 Å². The van der Waals surface area contributed by atoms with Gasteiger partial charge in [0.2, 0.25) is 0 Å². The van der Waals surface area contributed by atoms with Gasteiger partial charge in [-0.25, -0.2) is 4.98 Å². The maximum atomic E-state index is 13.4. The second kappa shape index (κ2) is 11.5. The first-order valence-electron chi connectivity index (χ1n) is 12.8. The molecule has 39 heavy (non-hydrogen) atoms. The number of aromatic nitrogens is 2. The van der Waals surface area contributed by atoms with Crippen LogP contribution in [0, 0.1) is 23.7 Å². The van der Waals surface area contributed by atoms with Crippen molar-refractivity contribution >= 4 is 5.91 Å². The van der Waals surface area contributed by atoms with Crippen LogP contribution in [-0.4, -0.2) is 45.5 Å². The van der Waals surface area contributed by atoms with E-state index in [1.54, 1.807) is 6.92 Å². The van der Waals surface area contributed by atoms with Crippen LogP contribution >= 0.6 is 0 Å². The zero-order chi connectivity index (χ0) is 29.2. The predicted octanol–water partition coefficient (Wildman–Crippen LogP) is 5.82. The van der Waals surface area contributed by atoms with Gasteiger partial charge < -0.3 is 15.2 Å². The van der Waals surface area contributed by atoms with Crippen molar-refractivity contribution in [2.75, 3.05) is 6.54 Å². The highest BCUT2D eigenvalue weighted by Crippen LogP contribution is 2.41. The third-order valence-corrected chi connectivity index (χ3v) is 7.29. The molecule has 11 heteroatoms. The topological polar surface area (TPSA) is 76.4 Å². The molecule has 1 amide bonds. The summed E-state index contributed by atoms with van der Waals surface area (Å²) < 4.78 is 73.0. The lowest BCUT2D eigenvalue weighted by atomic mass is 9.79. The van der Waals surface area contributed by atoms with Crippen molar-refractivity contribution in [1.82, 2.24) is 14.9 Å². The van der Waals surface area contributed by atoms with Crippen molar-refractivity contribution in [3.05, 3.63) is 41.0 Å². The molecule has 0 aliphatic heterocycles. The highest BCUT2D eigenvalue weighted by atomic mass is 19.4. The fourth-order valence-electron chi connectivity index (χ4n) is 4.71. The zero-order valence-corrected chi connectivity index (χ0v) is 22.5. The van der Waals surface area contributed by atoms with Gasteiger partial charge in [0, 0.05) is 13.0 Å². The lowest BCUT2D eigenvalue weighted by molar-refractivity contribution is -0.211. The Morgan fingerprint density at radius 1 is 1.31 bits per heavy atom. The van der Waals surface area contributed by atoms with Gasteiger partial charge in [0.15, 0.2) is 5.69 Å². The Labute approximate surface area is 225 Å². The van der Waals surface area contributed by atoms with Gasteiger partial charge >= 0.3 is 12.8 Å². The van der Waals surface area contributed by atoms with Crippen molar-refractivity contribution in [3.8, 4) is 23.8 Å². The third kappa shape index (κ3) is 6.90. The highest BCUT2D eigenvalue weighted by molar-refractivity contribution is 5.95. The number of carbonyl (C=O) groups excluding carboxylic acids is 1. The molecule has 6 nitrogen and oxygen atoms in total.